The standard InChI is InChI=1S/C24H42O3/c1-16-6-10-20(25)15-19(16)9-8-18-5-4-14-24(3)21(11-12-22(18)24)17(2)7-13-23(26)27/h16-22,25H,4-15H2,1-3H3,(H,26,27). The Kier molecular flexibility index (Phi) is 6.93. The smallest absolute Gasteiger partial charge is 0.303 e. The summed E-state index contributed by atoms with van der Waals surface area (Å²) >= 11 is 0. The number of carboxylic acid groups (broad SMARTS) is 1. The Hall–Kier alpha value is -0.570. The topological polar surface area (TPSA) is 57.5 Å². The highest BCUT2D eigenvalue weighted by Crippen LogP contribution is 2.60. The Morgan fingerprint density at radius 3 is 2.59 bits per heavy atom. The minimum Gasteiger partial charge on any atom is -0.481 e. The van der Waals surface area contributed by atoms with Gasteiger partial charge in [0.15, 0.2) is 0 Å². The maximum absolute atomic E-state index is 11.0. The number of hydrogen-bond donors (Lipinski definition) is 2. The van der Waals surface area contributed by atoms with Gasteiger partial charge >= 0.3 is 5.97 Å². The van der Waals surface area contributed by atoms with Gasteiger partial charge in [-0.2, -0.15) is 0 Å². The molecule has 0 aromatic heterocycles. The molecular weight excluding hydrogens is 336 g/mol. The van der Waals surface area contributed by atoms with Crippen molar-refractivity contribution in [1.82, 2.24) is 0 Å². The van der Waals surface area contributed by atoms with Gasteiger partial charge in [-0.05, 0) is 98.7 Å². The molecule has 0 spiro atoms. The van der Waals surface area contributed by atoms with E-state index < -0.39 is 5.97 Å². The summed E-state index contributed by atoms with van der Waals surface area (Å²) in [4.78, 5) is 11.0. The van der Waals surface area contributed by atoms with Crippen molar-refractivity contribution in [3.8, 4) is 0 Å². The number of aliphatic hydroxyl groups excluding tert-OH is 1. The molecule has 0 aromatic rings. The van der Waals surface area contributed by atoms with Crippen LogP contribution in [-0.2, 0) is 4.79 Å². The van der Waals surface area contributed by atoms with Gasteiger partial charge in [0, 0.05) is 6.42 Å². The van der Waals surface area contributed by atoms with E-state index in [1.807, 2.05) is 0 Å². The fraction of sp³-hybridized carbons (Fsp3) is 0.958. The summed E-state index contributed by atoms with van der Waals surface area (Å²) in [5, 5.41) is 19.1. The lowest BCUT2D eigenvalue weighted by Crippen LogP contribution is -2.39. The maximum Gasteiger partial charge on any atom is 0.303 e. The zero-order valence-electron chi connectivity index (χ0n) is 17.8. The van der Waals surface area contributed by atoms with Crippen LogP contribution in [0.1, 0.15) is 97.8 Å². The van der Waals surface area contributed by atoms with Crippen molar-refractivity contribution in [2.45, 2.75) is 104 Å². The highest BCUT2D eigenvalue weighted by atomic mass is 16.4. The number of aliphatic carboxylic acids is 1. The van der Waals surface area contributed by atoms with Crippen LogP contribution < -0.4 is 0 Å². The molecular formula is C24H42O3. The predicted octanol–water partition coefficient (Wildman–Crippen LogP) is 5.90. The summed E-state index contributed by atoms with van der Waals surface area (Å²) in [5.74, 6) is 3.78. The molecule has 0 heterocycles. The van der Waals surface area contributed by atoms with Gasteiger partial charge in [0.1, 0.15) is 0 Å². The minimum absolute atomic E-state index is 0.0613. The van der Waals surface area contributed by atoms with E-state index in [9.17, 15) is 9.90 Å². The number of fused-ring (bicyclic) bond motifs is 1. The van der Waals surface area contributed by atoms with Crippen molar-refractivity contribution in [3.63, 3.8) is 0 Å². The number of aliphatic hydroxyl groups is 1. The van der Waals surface area contributed by atoms with Crippen LogP contribution in [0.5, 0.6) is 0 Å². The van der Waals surface area contributed by atoms with E-state index in [2.05, 4.69) is 20.8 Å². The molecule has 8 atom stereocenters. The molecule has 3 nitrogen and oxygen atoms in total. The van der Waals surface area contributed by atoms with Crippen molar-refractivity contribution in [2.24, 2.45) is 40.9 Å². The van der Waals surface area contributed by atoms with Gasteiger partial charge in [0.2, 0.25) is 0 Å². The largest absolute Gasteiger partial charge is 0.481 e. The van der Waals surface area contributed by atoms with Crippen LogP contribution in [0.4, 0.5) is 0 Å². The summed E-state index contributed by atoms with van der Waals surface area (Å²) in [7, 11) is 0. The lowest BCUT2D eigenvalue weighted by molar-refractivity contribution is -0.137. The average Bonchev–Trinajstić information content (AvgIpc) is 2.98. The summed E-state index contributed by atoms with van der Waals surface area (Å²) < 4.78 is 0. The number of carboxylic acids is 1. The summed E-state index contributed by atoms with van der Waals surface area (Å²) in [6, 6.07) is 0. The molecule has 3 fully saturated rings. The Balaban J connectivity index is 1.58. The van der Waals surface area contributed by atoms with Gasteiger partial charge in [-0.3, -0.25) is 4.79 Å². The molecule has 0 amide bonds. The third kappa shape index (κ3) is 4.71. The van der Waals surface area contributed by atoms with E-state index >= 15 is 0 Å². The molecule has 3 aliphatic carbocycles. The second-order valence-corrected chi connectivity index (χ2v) is 10.6. The third-order valence-electron chi connectivity index (χ3n) is 9.09. The van der Waals surface area contributed by atoms with Crippen LogP contribution in [0.3, 0.4) is 0 Å². The van der Waals surface area contributed by atoms with Crippen molar-refractivity contribution < 1.29 is 15.0 Å². The first-order valence-corrected chi connectivity index (χ1v) is 11.7. The van der Waals surface area contributed by atoms with E-state index in [-0.39, 0.29) is 6.10 Å². The van der Waals surface area contributed by atoms with Crippen LogP contribution >= 0.6 is 0 Å². The zero-order valence-corrected chi connectivity index (χ0v) is 17.8. The molecule has 3 saturated carbocycles. The van der Waals surface area contributed by atoms with Crippen molar-refractivity contribution in [1.29, 1.82) is 0 Å². The van der Waals surface area contributed by atoms with Crippen LogP contribution in [0.2, 0.25) is 0 Å². The van der Waals surface area contributed by atoms with E-state index in [4.69, 9.17) is 5.11 Å². The fourth-order valence-corrected chi connectivity index (χ4v) is 7.44. The molecule has 27 heavy (non-hydrogen) atoms. The molecule has 2 N–H and O–H groups in total. The number of rotatable bonds is 7. The average molecular weight is 379 g/mol. The Labute approximate surface area is 166 Å². The number of carbonyl (C=O) groups is 1. The Morgan fingerprint density at radius 1 is 1.11 bits per heavy atom. The lowest BCUT2D eigenvalue weighted by Gasteiger charge is -2.47. The van der Waals surface area contributed by atoms with E-state index in [1.165, 1.54) is 51.4 Å². The first-order valence-electron chi connectivity index (χ1n) is 11.7. The zero-order chi connectivity index (χ0) is 19.6. The van der Waals surface area contributed by atoms with E-state index in [0.717, 1.165) is 37.0 Å². The summed E-state index contributed by atoms with van der Waals surface area (Å²) in [6.07, 6.45) is 13.7. The van der Waals surface area contributed by atoms with Crippen LogP contribution in [0.15, 0.2) is 0 Å². The Morgan fingerprint density at radius 2 is 1.85 bits per heavy atom. The molecule has 3 aliphatic rings. The fourth-order valence-electron chi connectivity index (χ4n) is 7.44. The van der Waals surface area contributed by atoms with Gasteiger partial charge in [0.25, 0.3) is 0 Å². The molecule has 0 saturated heterocycles. The van der Waals surface area contributed by atoms with E-state index in [0.29, 0.717) is 29.6 Å². The van der Waals surface area contributed by atoms with Crippen molar-refractivity contribution in [3.05, 3.63) is 0 Å². The lowest BCUT2D eigenvalue weighted by atomic mass is 9.58. The Bertz CT molecular complexity index is 504. The summed E-state index contributed by atoms with van der Waals surface area (Å²) in [6.45, 7) is 7.22. The van der Waals surface area contributed by atoms with Gasteiger partial charge in [-0.25, -0.2) is 0 Å². The van der Waals surface area contributed by atoms with E-state index in [1.54, 1.807) is 0 Å². The van der Waals surface area contributed by atoms with Gasteiger partial charge < -0.3 is 10.2 Å². The molecule has 0 radical (unpaired) electrons. The molecule has 0 bridgehead atoms. The second-order valence-electron chi connectivity index (χ2n) is 10.6. The van der Waals surface area contributed by atoms with Crippen LogP contribution in [0, 0.1) is 40.9 Å². The highest BCUT2D eigenvalue weighted by Gasteiger charge is 2.52. The SMILES string of the molecule is CC1CCC(O)CC1CCC1CCCC2(C)C(C(C)CCC(=O)O)CCC12. The molecule has 3 heteroatoms. The van der Waals surface area contributed by atoms with Gasteiger partial charge in [-0.15, -0.1) is 0 Å². The van der Waals surface area contributed by atoms with Crippen molar-refractivity contribution in [2.75, 3.05) is 0 Å². The first-order chi connectivity index (χ1) is 12.8. The molecule has 0 aromatic carbocycles. The molecule has 8 unspecified atom stereocenters. The predicted molar refractivity (Wildman–Crippen MR) is 109 cm³/mol. The number of hydrogen-bond acceptors (Lipinski definition) is 2. The molecule has 3 rings (SSSR count). The quantitative estimate of drug-likeness (QED) is 0.580. The third-order valence-corrected chi connectivity index (χ3v) is 9.09. The van der Waals surface area contributed by atoms with Gasteiger partial charge in [-0.1, -0.05) is 33.6 Å². The van der Waals surface area contributed by atoms with Crippen LogP contribution in [0.25, 0.3) is 0 Å². The molecule has 0 aliphatic heterocycles. The van der Waals surface area contributed by atoms with Crippen molar-refractivity contribution >= 4 is 5.97 Å². The van der Waals surface area contributed by atoms with Gasteiger partial charge in [0.05, 0.1) is 6.10 Å². The second kappa shape index (κ2) is 8.84. The molecule has 156 valence electrons. The first kappa shape index (κ1) is 21.1. The maximum atomic E-state index is 11.0. The summed E-state index contributed by atoms with van der Waals surface area (Å²) in [5.41, 5.74) is 0.429. The van der Waals surface area contributed by atoms with Crippen LogP contribution in [-0.4, -0.2) is 22.3 Å². The minimum atomic E-state index is -0.646. The normalized spacial score (nSPS) is 43.3. The highest BCUT2D eigenvalue weighted by molar-refractivity contribution is 5.66. The monoisotopic (exact) mass is 378 g/mol.